The van der Waals surface area contributed by atoms with Gasteiger partial charge in [-0.3, -0.25) is 4.79 Å². The van der Waals surface area contributed by atoms with Gasteiger partial charge in [-0.25, -0.2) is 14.3 Å². The molecule has 0 aromatic carbocycles. The summed E-state index contributed by atoms with van der Waals surface area (Å²) in [6, 6.07) is 3.70. The van der Waals surface area contributed by atoms with E-state index in [2.05, 4.69) is 30.7 Å². The van der Waals surface area contributed by atoms with E-state index in [0.717, 1.165) is 35.8 Å². The van der Waals surface area contributed by atoms with Gasteiger partial charge in [-0.05, 0) is 44.6 Å². The molecule has 3 aromatic rings. The Balaban J connectivity index is 1.24. The molecule has 27 heavy (non-hydrogen) atoms. The van der Waals surface area contributed by atoms with Crippen LogP contribution in [0, 0.1) is 0 Å². The normalized spacial score (nSPS) is 22.7. The second-order valence-electron chi connectivity index (χ2n) is 7.18. The van der Waals surface area contributed by atoms with Crippen molar-refractivity contribution in [3.8, 4) is 5.82 Å². The molecule has 0 aliphatic heterocycles. The van der Waals surface area contributed by atoms with Crippen LogP contribution in [-0.2, 0) is 0 Å². The number of aromatic nitrogens is 7. The third-order valence-corrected chi connectivity index (χ3v) is 6.22. The van der Waals surface area contributed by atoms with Crippen molar-refractivity contribution in [2.24, 2.45) is 0 Å². The van der Waals surface area contributed by atoms with E-state index in [4.69, 9.17) is 0 Å². The van der Waals surface area contributed by atoms with Gasteiger partial charge in [0.25, 0.3) is 5.56 Å². The Kier molecular flexibility index (Phi) is 4.19. The number of hydrogen-bond donors (Lipinski definition) is 1. The molecule has 0 unspecified atom stereocenters. The third kappa shape index (κ3) is 3.48. The van der Waals surface area contributed by atoms with E-state index in [1.165, 1.54) is 19.2 Å². The van der Waals surface area contributed by atoms with Crippen molar-refractivity contribution in [1.82, 2.24) is 34.7 Å². The number of nitrogens with one attached hydrogen (secondary N) is 1. The van der Waals surface area contributed by atoms with E-state index in [9.17, 15) is 4.79 Å². The Morgan fingerprint density at radius 1 is 1.07 bits per heavy atom. The number of rotatable bonds is 5. The van der Waals surface area contributed by atoms with Gasteiger partial charge in [0.05, 0.1) is 6.04 Å². The van der Waals surface area contributed by atoms with Crippen LogP contribution in [0.2, 0.25) is 0 Å². The highest BCUT2D eigenvalue weighted by molar-refractivity contribution is 7.15. The van der Waals surface area contributed by atoms with E-state index in [1.807, 2.05) is 0 Å². The van der Waals surface area contributed by atoms with Gasteiger partial charge in [0.2, 0.25) is 5.13 Å². The molecule has 3 aromatic heterocycles. The SMILES string of the molecule is O=c1ccc(-n2cncn2)nn1C1CCC(Nc2nnc(C3CC3)s2)CC1. The molecule has 0 radical (unpaired) electrons. The standard InChI is InChI=1S/C17H20N8OS/c26-15-8-7-14(24-10-18-9-19-24)23-25(15)13-5-3-12(4-6-13)20-17-22-21-16(27-17)11-1-2-11/h7-13H,1-6H2,(H,20,22). The van der Waals surface area contributed by atoms with Crippen LogP contribution in [0.4, 0.5) is 5.13 Å². The zero-order valence-electron chi connectivity index (χ0n) is 14.7. The number of anilines is 1. The highest BCUT2D eigenvalue weighted by Gasteiger charge is 2.29. The van der Waals surface area contributed by atoms with Gasteiger partial charge in [-0.2, -0.15) is 5.10 Å². The summed E-state index contributed by atoms with van der Waals surface area (Å²) in [7, 11) is 0. The summed E-state index contributed by atoms with van der Waals surface area (Å²) < 4.78 is 3.17. The molecule has 0 amide bonds. The monoisotopic (exact) mass is 384 g/mol. The summed E-state index contributed by atoms with van der Waals surface area (Å²) in [6.45, 7) is 0. The molecule has 5 rings (SSSR count). The molecular formula is C17H20N8OS. The Morgan fingerprint density at radius 3 is 2.67 bits per heavy atom. The van der Waals surface area contributed by atoms with Gasteiger partial charge in [-0.15, -0.1) is 15.3 Å². The molecule has 10 heteroatoms. The van der Waals surface area contributed by atoms with Crippen LogP contribution in [0.25, 0.3) is 5.82 Å². The average Bonchev–Trinajstić information content (AvgIpc) is 3.19. The molecule has 0 saturated heterocycles. The topological polar surface area (TPSA) is 103 Å². The smallest absolute Gasteiger partial charge is 0.267 e. The van der Waals surface area contributed by atoms with Gasteiger partial charge in [0.1, 0.15) is 17.7 Å². The van der Waals surface area contributed by atoms with Gasteiger partial charge < -0.3 is 5.32 Å². The molecule has 2 aliphatic carbocycles. The second-order valence-corrected chi connectivity index (χ2v) is 8.19. The first kappa shape index (κ1) is 16.5. The van der Waals surface area contributed by atoms with Crippen LogP contribution in [-0.4, -0.2) is 40.8 Å². The maximum Gasteiger partial charge on any atom is 0.267 e. The van der Waals surface area contributed by atoms with E-state index in [-0.39, 0.29) is 11.6 Å². The predicted octanol–water partition coefficient (Wildman–Crippen LogP) is 2.15. The zero-order valence-corrected chi connectivity index (χ0v) is 15.5. The Morgan fingerprint density at radius 2 is 1.93 bits per heavy atom. The lowest BCUT2D eigenvalue weighted by Crippen LogP contribution is -2.33. The minimum Gasteiger partial charge on any atom is -0.357 e. The highest BCUT2D eigenvalue weighted by atomic mass is 32.1. The third-order valence-electron chi connectivity index (χ3n) is 5.20. The van der Waals surface area contributed by atoms with Crippen molar-refractivity contribution < 1.29 is 0 Å². The number of nitrogens with zero attached hydrogens (tertiary/aromatic N) is 7. The van der Waals surface area contributed by atoms with E-state index < -0.39 is 0 Å². The fourth-order valence-electron chi connectivity index (χ4n) is 3.55. The van der Waals surface area contributed by atoms with Crippen LogP contribution in [0.5, 0.6) is 0 Å². The molecule has 9 nitrogen and oxygen atoms in total. The van der Waals surface area contributed by atoms with Gasteiger partial charge >= 0.3 is 0 Å². The summed E-state index contributed by atoms with van der Waals surface area (Å²) in [4.78, 5) is 16.2. The van der Waals surface area contributed by atoms with Crippen LogP contribution in [0.1, 0.15) is 55.5 Å². The van der Waals surface area contributed by atoms with E-state index in [0.29, 0.717) is 17.8 Å². The number of hydrogen-bond acceptors (Lipinski definition) is 8. The fraction of sp³-hybridized carbons (Fsp3) is 0.529. The Bertz CT molecular complexity index is 969. The maximum absolute atomic E-state index is 12.3. The summed E-state index contributed by atoms with van der Waals surface area (Å²) >= 11 is 1.68. The largest absolute Gasteiger partial charge is 0.357 e. The molecule has 2 aliphatic rings. The molecule has 3 heterocycles. The molecule has 0 spiro atoms. The first-order valence-electron chi connectivity index (χ1n) is 9.31. The van der Waals surface area contributed by atoms with Gasteiger partial charge in [0.15, 0.2) is 5.82 Å². The van der Waals surface area contributed by atoms with Crippen molar-refractivity contribution in [3.63, 3.8) is 0 Å². The molecular weight excluding hydrogens is 364 g/mol. The van der Waals surface area contributed by atoms with Crippen molar-refractivity contribution in [3.05, 3.63) is 40.1 Å². The molecule has 1 N–H and O–H groups in total. The quantitative estimate of drug-likeness (QED) is 0.719. The zero-order chi connectivity index (χ0) is 18.2. The lowest BCUT2D eigenvalue weighted by molar-refractivity contribution is 0.303. The molecule has 2 fully saturated rings. The van der Waals surface area contributed by atoms with Gasteiger partial charge in [0, 0.05) is 18.0 Å². The first-order chi connectivity index (χ1) is 13.3. The summed E-state index contributed by atoms with van der Waals surface area (Å²) in [5.74, 6) is 1.25. The first-order valence-corrected chi connectivity index (χ1v) is 10.1. The van der Waals surface area contributed by atoms with Crippen molar-refractivity contribution in [2.45, 2.75) is 56.5 Å². The fourth-order valence-corrected chi connectivity index (χ4v) is 4.54. The highest BCUT2D eigenvalue weighted by Crippen LogP contribution is 2.42. The summed E-state index contributed by atoms with van der Waals surface area (Å²) in [5, 5.41) is 22.8. The maximum atomic E-state index is 12.3. The minimum absolute atomic E-state index is 0.0755. The van der Waals surface area contributed by atoms with Crippen LogP contribution < -0.4 is 10.9 Å². The minimum atomic E-state index is -0.0755. The van der Waals surface area contributed by atoms with Crippen molar-refractivity contribution >= 4 is 16.5 Å². The van der Waals surface area contributed by atoms with Crippen LogP contribution in [0.15, 0.2) is 29.6 Å². The van der Waals surface area contributed by atoms with Crippen LogP contribution in [0.3, 0.4) is 0 Å². The summed E-state index contributed by atoms with van der Waals surface area (Å²) in [5.41, 5.74) is -0.0755. The predicted molar refractivity (Wildman–Crippen MR) is 100 cm³/mol. The van der Waals surface area contributed by atoms with Gasteiger partial charge in [-0.1, -0.05) is 11.3 Å². The molecule has 140 valence electrons. The molecule has 0 bridgehead atoms. The summed E-state index contributed by atoms with van der Waals surface area (Å²) in [6.07, 6.45) is 9.28. The average molecular weight is 384 g/mol. The second kappa shape index (κ2) is 6.84. The molecule has 0 atom stereocenters. The van der Waals surface area contributed by atoms with Crippen LogP contribution >= 0.6 is 11.3 Å². The van der Waals surface area contributed by atoms with Crippen molar-refractivity contribution in [1.29, 1.82) is 0 Å². The lowest BCUT2D eigenvalue weighted by atomic mass is 9.91. The Labute approximate surface area is 159 Å². The Hall–Kier alpha value is -2.62. The van der Waals surface area contributed by atoms with E-state index >= 15 is 0 Å². The van der Waals surface area contributed by atoms with Crippen molar-refractivity contribution in [2.75, 3.05) is 5.32 Å². The van der Waals surface area contributed by atoms with E-state index in [1.54, 1.807) is 39.2 Å². The molecule has 2 saturated carbocycles. The lowest BCUT2D eigenvalue weighted by Gasteiger charge is -2.29.